The zero-order valence-corrected chi connectivity index (χ0v) is 18.2. The molecular weight excluding hydrogens is 404 g/mol. The average Bonchev–Trinajstić information content (AvgIpc) is 3.15. The summed E-state index contributed by atoms with van der Waals surface area (Å²) >= 11 is 0. The second-order valence-corrected chi connectivity index (χ2v) is 7.56. The van der Waals surface area contributed by atoms with Gasteiger partial charge in [-0.1, -0.05) is 42.5 Å². The predicted octanol–water partition coefficient (Wildman–Crippen LogP) is 4.82. The van der Waals surface area contributed by atoms with E-state index in [-0.39, 0.29) is 18.2 Å². The molecule has 6 nitrogen and oxygen atoms in total. The largest absolute Gasteiger partial charge is 0.497 e. The van der Waals surface area contributed by atoms with Gasteiger partial charge in [-0.15, -0.1) is 0 Å². The molecule has 1 atom stereocenters. The highest BCUT2D eigenvalue weighted by Crippen LogP contribution is 2.34. The summed E-state index contributed by atoms with van der Waals surface area (Å²) in [6, 6.07) is 22.0. The van der Waals surface area contributed by atoms with Crippen LogP contribution in [0.2, 0.25) is 0 Å². The van der Waals surface area contributed by atoms with Gasteiger partial charge in [0, 0.05) is 12.1 Å². The van der Waals surface area contributed by atoms with Gasteiger partial charge in [-0.2, -0.15) is 0 Å². The number of para-hydroxylation sites is 2. The minimum Gasteiger partial charge on any atom is -0.497 e. The lowest BCUT2D eigenvalue weighted by Gasteiger charge is -2.28. The first-order valence-corrected chi connectivity index (χ1v) is 10.6. The monoisotopic (exact) mass is 430 g/mol. The molecule has 0 unspecified atom stereocenters. The van der Waals surface area contributed by atoms with Gasteiger partial charge >= 0.3 is 0 Å². The molecule has 164 valence electrons. The van der Waals surface area contributed by atoms with Crippen LogP contribution in [0.4, 0.5) is 5.69 Å². The van der Waals surface area contributed by atoms with E-state index in [4.69, 9.17) is 9.47 Å². The molecule has 1 aliphatic rings. The standard InChI is InChI=1S/C26H26N2O4/c1-3-32-24-11-7-6-10-22(24)27-25(29)16-23(18-12-14-20(31-2)15-13-18)28-17-19-8-4-5-9-21(19)26(28)30/h4-15,23H,3,16-17H2,1-2H3,(H,27,29)/t23-/m1/s1. The highest BCUT2D eigenvalue weighted by molar-refractivity contribution is 5.99. The number of carbonyl (C=O) groups excluding carboxylic acids is 2. The highest BCUT2D eigenvalue weighted by atomic mass is 16.5. The summed E-state index contributed by atoms with van der Waals surface area (Å²) in [5.41, 5.74) is 3.15. The van der Waals surface area contributed by atoms with Crippen molar-refractivity contribution >= 4 is 17.5 Å². The number of carbonyl (C=O) groups is 2. The average molecular weight is 431 g/mol. The summed E-state index contributed by atoms with van der Waals surface area (Å²) in [6.07, 6.45) is 0.118. The number of benzene rings is 3. The zero-order chi connectivity index (χ0) is 22.5. The van der Waals surface area contributed by atoms with Crippen LogP contribution in [-0.4, -0.2) is 30.4 Å². The van der Waals surface area contributed by atoms with Crippen molar-refractivity contribution in [2.75, 3.05) is 19.0 Å². The van der Waals surface area contributed by atoms with Crippen LogP contribution in [0.1, 0.15) is 40.9 Å². The van der Waals surface area contributed by atoms with Crippen LogP contribution in [0.25, 0.3) is 0 Å². The van der Waals surface area contributed by atoms with Crippen LogP contribution in [0.3, 0.4) is 0 Å². The van der Waals surface area contributed by atoms with Gasteiger partial charge in [0.1, 0.15) is 11.5 Å². The normalized spacial score (nSPS) is 13.4. The van der Waals surface area contributed by atoms with E-state index in [1.807, 2.05) is 79.7 Å². The molecule has 3 aromatic carbocycles. The second-order valence-electron chi connectivity index (χ2n) is 7.56. The molecule has 6 heteroatoms. The molecule has 0 saturated heterocycles. The van der Waals surface area contributed by atoms with Crippen LogP contribution in [-0.2, 0) is 11.3 Å². The van der Waals surface area contributed by atoms with Crippen molar-refractivity contribution in [3.8, 4) is 11.5 Å². The van der Waals surface area contributed by atoms with Gasteiger partial charge in [0.15, 0.2) is 0 Å². The van der Waals surface area contributed by atoms with Crippen molar-refractivity contribution in [3.63, 3.8) is 0 Å². The number of methoxy groups -OCH3 is 1. The van der Waals surface area contributed by atoms with Crippen molar-refractivity contribution in [2.45, 2.75) is 25.9 Å². The van der Waals surface area contributed by atoms with Gasteiger partial charge in [-0.25, -0.2) is 0 Å². The molecule has 1 heterocycles. The van der Waals surface area contributed by atoms with Crippen LogP contribution in [0.15, 0.2) is 72.8 Å². The van der Waals surface area contributed by atoms with E-state index in [0.29, 0.717) is 30.2 Å². The van der Waals surface area contributed by atoms with E-state index in [1.165, 1.54) is 0 Å². The van der Waals surface area contributed by atoms with Gasteiger partial charge in [0.05, 0.1) is 31.9 Å². The van der Waals surface area contributed by atoms with Crippen LogP contribution in [0, 0.1) is 0 Å². The first-order chi connectivity index (χ1) is 15.6. The van der Waals surface area contributed by atoms with Crippen molar-refractivity contribution in [1.82, 2.24) is 4.90 Å². The van der Waals surface area contributed by atoms with Crippen molar-refractivity contribution in [2.24, 2.45) is 0 Å². The van der Waals surface area contributed by atoms with Gasteiger partial charge in [-0.05, 0) is 48.4 Å². The second kappa shape index (κ2) is 9.56. The predicted molar refractivity (Wildman–Crippen MR) is 123 cm³/mol. The number of amides is 2. The Morgan fingerprint density at radius 1 is 1.03 bits per heavy atom. The maximum atomic E-state index is 13.2. The Labute approximate surface area is 187 Å². The number of nitrogens with one attached hydrogen (secondary N) is 1. The van der Waals surface area contributed by atoms with E-state index >= 15 is 0 Å². The topological polar surface area (TPSA) is 67.9 Å². The molecule has 0 aliphatic carbocycles. The molecule has 0 radical (unpaired) electrons. The van der Waals surface area contributed by atoms with Gasteiger partial charge < -0.3 is 19.7 Å². The van der Waals surface area contributed by atoms with Crippen LogP contribution in [0.5, 0.6) is 11.5 Å². The Kier molecular flexibility index (Phi) is 6.40. The molecular formula is C26H26N2O4. The first kappa shape index (κ1) is 21.4. The summed E-state index contributed by atoms with van der Waals surface area (Å²) in [4.78, 5) is 28.0. The lowest BCUT2D eigenvalue weighted by molar-refractivity contribution is -0.117. The molecule has 0 saturated carbocycles. The Morgan fingerprint density at radius 3 is 2.47 bits per heavy atom. The number of hydrogen-bond donors (Lipinski definition) is 1. The third kappa shape index (κ3) is 4.44. The molecule has 0 fully saturated rings. The number of nitrogens with zero attached hydrogens (tertiary/aromatic N) is 1. The number of ether oxygens (including phenoxy) is 2. The minimum absolute atomic E-state index is 0.0658. The summed E-state index contributed by atoms with van der Waals surface area (Å²) in [5, 5.41) is 2.95. The van der Waals surface area contributed by atoms with Crippen LogP contribution >= 0.6 is 0 Å². The fraction of sp³-hybridized carbons (Fsp3) is 0.231. The Hall–Kier alpha value is -3.80. The summed E-state index contributed by atoms with van der Waals surface area (Å²) in [5.74, 6) is 1.08. The van der Waals surface area contributed by atoms with E-state index in [2.05, 4.69) is 5.32 Å². The third-order valence-corrected chi connectivity index (χ3v) is 5.57. The first-order valence-electron chi connectivity index (χ1n) is 10.6. The smallest absolute Gasteiger partial charge is 0.255 e. The Bertz CT molecular complexity index is 1110. The number of fused-ring (bicyclic) bond motifs is 1. The zero-order valence-electron chi connectivity index (χ0n) is 18.2. The molecule has 0 spiro atoms. The van der Waals surface area contributed by atoms with E-state index in [9.17, 15) is 9.59 Å². The SMILES string of the molecule is CCOc1ccccc1NC(=O)C[C@H](c1ccc(OC)cc1)N1Cc2ccccc2C1=O. The third-order valence-electron chi connectivity index (χ3n) is 5.57. The molecule has 2 amide bonds. The molecule has 3 aromatic rings. The molecule has 32 heavy (non-hydrogen) atoms. The number of hydrogen-bond acceptors (Lipinski definition) is 4. The lowest BCUT2D eigenvalue weighted by atomic mass is 10.0. The molecule has 4 rings (SSSR count). The van der Waals surface area contributed by atoms with E-state index < -0.39 is 6.04 Å². The van der Waals surface area contributed by atoms with Crippen LogP contribution < -0.4 is 14.8 Å². The fourth-order valence-corrected chi connectivity index (χ4v) is 3.99. The van der Waals surface area contributed by atoms with Gasteiger partial charge in [0.25, 0.3) is 5.91 Å². The quantitative estimate of drug-likeness (QED) is 0.556. The maximum absolute atomic E-state index is 13.2. The van der Waals surface area contributed by atoms with E-state index in [0.717, 1.165) is 16.9 Å². The Morgan fingerprint density at radius 2 is 1.75 bits per heavy atom. The molecule has 0 aromatic heterocycles. The Balaban J connectivity index is 1.60. The molecule has 1 aliphatic heterocycles. The van der Waals surface area contributed by atoms with Crippen molar-refractivity contribution in [3.05, 3.63) is 89.5 Å². The highest BCUT2D eigenvalue weighted by Gasteiger charge is 2.34. The number of anilines is 1. The van der Waals surface area contributed by atoms with Gasteiger partial charge in [0.2, 0.25) is 5.91 Å². The molecule has 0 bridgehead atoms. The van der Waals surface area contributed by atoms with Crippen molar-refractivity contribution in [1.29, 1.82) is 0 Å². The van der Waals surface area contributed by atoms with Crippen molar-refractivity contribution < 1.29 is 19.1 Å². The van der Waals surface area contributed by atoms with Gasteiger partial charge in [-0.3, -0.25) is 9.59 Å². The summed E-state index contributed by atoms with van der Waals surface area (Å²) in [6.45, 7) is 2.87. The lowest BCUT2D eigenvalue weighted by Crippen LogP contribution is -2.32. The maximum Gasteiger partial charge on any atom is 0.255 e. The molecule has 1 N–H and O–H groups in total. The summed E-state index contributed by atoms with van der Waals surface area (Å²) in [7, 11) is 1.61. The fourth-order valence-electron chi connectivity index (χ4n) is 3.99. The summed E-state index contributed by atoms with van der Waals surface area (Å²) < 4.78 is 10.9. The number of rotatable bonds is 8. The minimum atomic E-state index is -0.417. The van der Waals surface area contributed by atoms with E-state index in [1.54, 1.807) is 12.0 Å².